The molecule has 0 aromatic heterocycles. The molecule has 0 N–H and O–H groups in total. The summed E-state index contributed by atoms with van der Waals surface area (Å²) in [5, 5.41) is 5.76. The lowest BCUT2D eigenvalue weighted by molar-refractivity contribution is 0.515. The van der Waals surface area contributed by atoms with Gasteiger partial charge in [-0.2, -0.15) is 5.10 Å². The average Bonchev–Trinajstić information content (AvgIpc) is 2.13. The molecule has 1 aliphatic heterocycles. The van der Waals surface area contributed by atoms with Gasteiger partial charge in [-0.05, 0) is 19.1 Å². The van der Waals surface area contributed by atoms with Gasteiger partial charge >= 0.3 is 0 Å². The Balaban J connectivity index is 0.000000561. The van der Waals surface area contributed by atoms with Gasteiger partial charge in [0.05, 0.1) is 5.70 Å². The number of hydrogen-bond acceptors (Lipinski definition) is 2. The van der Waals surface area contributed by atoms with Crippen molar-refractivity contribution < 1.29 is 0 Å². The Morgan fingerprint density at radius 1 is 1.42 bits per heavy atom. The van der Waals surface area contributed by atoms with E-state index in [0.717, 1.165) is 5.70 Å². The molecule has 1 heterocycles. The van der Waals surface area contributed by atoms with Crippen LogP contribution >= 0.6 is 0 Å². The predicted octanol–water partition coefficient (Wildman–Crippen LogP) is 2.92. The van der Waals surface area contributed by atoms with Crippen molar-refractivity contribution in [1.29, 1.82) is 0 Å². The molecule has 0 bridgehead atoms. The van der Waals surface area contributed by atoms with Crippen molar-refractivity contribution in [2.45, 2.75) is 20.8 Å². The minimum absolute atomic E-state index is 0.889. The number of hydrazone groups is 1. The summed E-state index contributed by atoms with van der Waals surface area (Å²) in [5.74, 6) is 0. The summed E-state index contributed by atoms with van der Waals surface area (Å²) in [5.41, 5.74) is 0.889. The summed E-state index contributed by atoms with van der Waals surface area (Å²) in [7, 11) is 0. The van der Waals surface area contributed by atoms with Crippen LogP contribution in [0.5, 0.6) is 0 Å². The number of hydrogen-bond donors (Lipinski definition) is 0. The van der Waals surface area contributed by atoms with Gasteiger partial charge in [0.2, 0.25) is 0 Å². The van der Waals surface area contributed by atoms with E-state index in [1.54, 1.807) is 11.2 Å². The molecule has 0 saturated carbocycles. The average molecular weight is 164 g/mol. The van der Waals surface area contributed by atoms with E-state index in [2.05, 4.69) is 11.7 Å². The Labute approximate surface area is 74.6 Å². The first-order chi connectivity index (χ1) is 5.84. The van der Waals surface area contributed by atoms with Crippen LogP contribution in [0.15, 0.2) is 41.8 Å². The van der Waals surface area contributed by atoms with Crippen molar-refractivity contribution in [3.05, 3.63) is 36.7 Å². The molecule has 66 valence electrons. The Morgan fingerprint density at radius 2 is 2.08 bits per heavy atom. The molecule has 0 amide bonds. The van der Waals surface area contributed by atoms with Crippen LogP contribution in [-0.2, 0) is 0 Å². The maximum atomic E-state index is 4.04. The van der Waals surface area contributed by atoms with Crippen LogP contribution in [0.2, 0.25) is 0 Å². The topological polar surface area (TPSA) is 15.6 Å². The van der Waals surface area contributed by atoms with Crippen molar-refractivity contribution >= 4 is 6.21 Å². The SMILES string of the molecule is C=C1C=CC=CN1/N=C\C.CC. The third kappa shape index (κ3) is 3.19. The van der Waals surface area contributed by atoms with Crippen molar-refractivity contribution in [1.82, 2.24) is 5.01 Å². The summed E-state index contributed by atoms with van der Waals surface area (Å²) < 4.78 is 0. The largest absolute Gasteiger partial charge is 0.242 e. The van der Waals surface area contributed by atoms with E-state index in [1.807, 2.05) is 45.2 Å². The van der Waals surface area contributed by atoms with E-state index in [4.69, 9.17) is 0 Å². The molecular formula is C10H16N2. The van der Waals surface area contributed by atoms with Gasteiger partial charge in [-0.15, -0.1) is 0 Å². The minimum Gasteiger partial charge on any atom is -0.242 e. The van der Waals surface area contributed by atoms with Crippen LogP contribution in [0, 0.1) is 0 Å². The second-order valence-corrected chi connectivity index (χ2v) is 1.91. The fourth-order valence-corrected chi connectivity index (χ4v) is 0.707. The predicted molar refractivity (Wildman–Crippen MR) is 54.8 cm³/mol. The summed E-state index contributed by atoms with van der Waals surface area (Å²) >= 11 is 0. The second kappa shape index (κ2) is 6.40. The highest BCUT2D eigenvalue weighted by Gasteiger charge is 1.98. The molecule has 0 aromatic rings. The highest BCUT2D eigenvalue weighted by Crippen LogP contribution is 2.08. The molecule has 1 rings (SSSR count). The summed E-state index contributed by atoms with van der Waals surface area (Å²) in [6.45, 7) is 9.66. The molecule has 1 aliphatic rings. The smallest absolute Gasteiger partial charge is 0.0573 e. The van der Waals surface area contributed by atoms with Crippen LogP contribution in [0.25, 0.3) is 0 Å². The first-order valence-electron chi connectivity index (χ1n) is 4.16. The second-order valence-electron chi connectivity index (χ2n) is 1.91. The number of allylic oxidation sites excluding steroid dienone is 3. The molecule has 0 aromatic carbocycles. The fourth-order valence-electron chi connectivity index (χ4n) is 0.707. The quantitative estimate of drug-likeness (QED) is 0.544. The fraction of sp³-hybridized carbons (Fsp3) is 0.300. The van der Waals surface area contributed by atoms with Crippen molar-refractivity contribution in [2.24, 2.45) is 5.10 Å². The van der Waals surface area contributed by atoms with E-state index < -0.39 is 0 Å². The van der Waals surface area contributed by atoms with Gasteiger partial charge in [0.1, 0.15) is 0 Å². The van der Waals surface area contributed by atoms with Gasteiger partial charge in [0.25, 0.3) is 0 Å². The van der Waals surface area contributed by atoms with E-state index >= 15 is 0 Å². The van der Waals surface area contributed by atoms with Crippen LogP contribution in [0.3, 0.4) is 0 Å². The van der Waals surface area contributed by atoms with Crippen molar-refractivity contribution in [2.75, 3.05) is 0 Å². The van der Waals surface area contributed by atoms with Gasteiger partial charge < -0.3 is 0 Å². The molecule has 0 radical (unpaired) electrons. The molecule has 0 saturated heterocycles. The van der Waals surface area contributed by atoms with E-state index in [-0.39, 0.29) is 0 Å². The molecule has 0 aliphatic carbocycles. The lowest BCUT2D eigenvalue weighted by Crippen LogP contribution is -2.08. The number of nitrogens with zero attached hydrogens (tertiary/aromatic N) is 2. The molecule has 0 atom stereocenters. The lowest BCUT2D eigenvalue weighted by Gasteiger charge is -2.15. The van der Waals surface area contributed by atoms with E-state index in [0.29, 0.717) is 0 Å². The Bertz CT molecular complexity index is 212. The first-order valence-corrected chi connectivity index (χ1v) is 4.16. The molecule has 0 unspecified atom stereocenters. The molecule has 2 heteroatoms. The normalized spacial score (nSPS) is 14.9. The summed E-state index contributed by atoms with van der Waals surface area (Å²) in [4.78, 5) is 0. The third-order valence-electron chi connectivity index (χ3n) is 1.16. The molecule has 12 heavy (non-hydrogen) atoms. The minimum atomic E-state index is 0.889. The molecule has 0 spiro atoms. The van der Waals surface area contributed by atoms with Gasteiger partial charge in [0, 0.05) is 12.4 Å². The summed E-state index contributed by atoms with van der Waals surface area (Å²) in [6.07, 6.45) is 9.36. The van der Waals surface area contributed by atoms with Gasteiger partial charge in [-0.1, -0.05) is 26.5 Å². The third-order valence-corrected chi connectivity index (χ3v) is 1.16. The monoisotopic (exact) mass is 164 g/mol. The number of rotatable bonds is 1. The van der Waals surface area contributed by atoms with Crippen LogP contribution in [0.4, 0.5) is 0 Å². The van der Waals surface area contributed by atoms with E-state index in [9.17, 15) is 0 Å². The molecule has 0 fully saturated rings. The van der Waals surface area contributed by atoms with Gasteiger partial charge in [-0.25, -0.2) is 5.01 Å². The zero-order valence-electron chi connectivity index (χ0n) is 7.99. The Morgan fingerprint density at radius 3 is 2.58 bits per heavy atom. The first kappa shape index (κ1) is 10.7. The lowest BCUT2D eigenvalue weighted by atomic mass is 10.3. The Kier molecular flexibility index (Phi) is 5.70. The zero-order chi connectivity index (χ0) is 9.40. The van der Waals surface area contributed by atoms with Crippen LogP contribution in [0.1, 0.15) is 20.8 Å². The zero-order valence-corrected chi connectivity index (χ0v) is 7.99. The van der Waals surface area contributed by atoms with Crippen molar-refractivity contribution in [3.63, 3.8) is 0 Å². The Hall–Kier alpha value is -1.31. The van der Waals surface area contributed by atoms with Gasteiger partial charge in [-0.3, -0.25) is 0 Å². The standard InChI is InChI=1S/C8H10N2.C2H6/c1-3-9-10-7-5-4-6-8(10)2;1-2/h3-7H,2H2,1H3;1-2H3/b9-3-;. The van der Waals surface area contributed by atoms with E-state index in [1.165, 1.54) is 0 Å². The molecular weight excluding hydrogens is 148 g/mol. The van der Waals surface area contributed by atoms with Crippen LogP contribution < -0.4 is 0 Å². The van der Waals surface area contributed by atoms with Crippen LogP contribution in [-0.4, -0.2) is 11.2 Å². The van der Waals surface area contributed by atoms with Crippen molar-refractivity contribution in [3.8, 4) is 0 Å². The molecule has 2 nitrogen and oxygen atoms in total. The summed E-state index contributed by atoms with van der Waals surface area (Å²) in [6, 6.07) is 0. The maximum absolute atomic E-state index is 4.04. The highest BCUT2D eigenvalue weighted by molar-refractivity contribution is 5.53. The van der Waals surface area contributed by atoms with Gasteiger partial charge in [0.15, 0.2) is 0 Å². The highest BCUT2D eigenvalue weighted by atomic mass is 15.4. The maximum Gasteiger partial charge on any atom is 0.0573 e.